The summed E-state index contributed by atoms with van der Waals surface area (Å²) < 4.78 is 5.83. The summed E-state index contributed by atoms with van der Waals surface area (Å²) in [5.41, 5.74) is 2.20. The molecule has 0 aliphatic heterocycles. The first-order valence-corrected chi connectivity index (χ1v) is 6.63. The number of benzene rings is 1. The van der Waals surface area contributed by atoms with Crippen LogP contribution >= 0.6 is 11.6 Å². The second kappa shape index (κ2) is 5.57. The molecular formula is C15H17ClN2O. The molecule has 4 heteroatoms. The van der Waals surface area contributed by atoms with Gasteiger partial charge < -0.3 is 4.74 Å². The molecule has 0 spiro atoms. The third-order valence-corrected chi connectivity index (χ3v) is 2.96. The quantitative estimate of drug-likeness (QED) is 0.765. The summed E-state index contributed by atoms with van der Waals surface area (Å²) >= 11 is 6.00. The normalized spacial score (nSPS) is 10.8. The molecule has 0 fully saturated rings. The molecule has 0 aliphatic rings. The van der Waals surface area contributed by atoms with Gasteiger partial charge in [-0.05, 0) is 31.0 Å². The third-order valence-electron chi connectivity index (χ3n) is 2.76. The highest BCUT2D eigenvalue weighted by molar-refractivity contribution is 6.29. The van der Waals surface area contributed by atoms with Crippen molar-refractivity contribution in [2.75, 3.05) is 0 Å². The van der Waals surface area contributed by atoms with Crippen LogP contribution in [0.25, 0.3) is 0 Å². The lowest BCUT2D eigenvalue weighted by atomic mass is 10.1. The number of hydrogen-bond donors (Lipinski definition) is 0. The van der Waals surface area contributed by atoms with Crippen LogP contribution in [0.1, 0.15) is 36.7 Å². The summed E-state index contributed by atoms with van der Waals surface area (Å²) in [6.07, 6.45) is 0. The molecule has 1 aromatic carbocycles. The van der Waals surface area contributed by atoms with Crippen molar-refractivity contribution >= 4 is 11.6 Å². The summed E-state index contributed by atoms with van der Waals surface area (Å²) in [5, 5.41) is 0.402. The van der Waals surface area contributed by atoms with Gasteiger partial charge in [0.05, 0.1) is 0 Å². The van der Waals surface area contributed by atoms with E-state index in [1.54, 1.807) is 6.07 Å². The van der Waals surface area contributed by atoms with Crippen LogP contribution in [0.5, 0.6) is 11.6 Å². The van der Waals surface area contributed by atoms with Crippen LogP contribution in [-0.4, -0.2) is 9.97 Å². The Morgan fingerprint density at radius 2 is 1.84 bits per heavy atom. The van der Waals surface area contributed by atoms with Crippen LogP contribution in [0.3, 0.4) is 0 Å². The van der Waals surface area contributed by atoms with Crippen molar-refractivity contribution in [1.82, 2.24) is 9.97 Å². The van der Waals surface area contributed by atoms with Gasteiger partial charge in [0.1, 0.15) is 16.7 Å². The largest absolute Gasteiger partial charge is 0.439 e. The van der Waals surface area contributed by atoms with Crippen molar-refractivity contribution < 1.29 is 4.74 Å². The molecular weight excluding hydrogens is 260 g/mol. The van der Waals surface area contributed by atoms with Gasteiger partial charge in [0.2, 0.25) is 5.88 Å². The lowest BCUT2D eigenvalue weighted by Gasteiger charge is -2.11. The molecule has 0 saturated carbocycles. The highest BCUT2D eigenvalue weighted by Crippen LogP contribution is 2.27. The molecule has 0 aliphatic carbocycles. The molecule has 1 aromatic heterocycles. The lowest BCUT2D eigenvalue weighted by molar-refractivity contribution is 0.453. The molecule has 0 amide bonds. The van der Waals surface area contributed by atoms with Gasteiger partial charge in [-0.2, -0.15) is 4.98 Å². The average Bonchev–Trinajstić information content (AvgIpc) is 2.33. The SMILES string of the molecule is Cc1ccc(C)c(Oc2cc(Cl)nc(C(C)C)n2)c1. The maximum absolute atomic E-state index is 6.00. The highest BCUT2D eigenvalue weighted by Gasteiger charge is 2.09. The summed E-state index contributed by atoms with van der Waals surface area (Å²) in [5.74, 6) is 2.18. The fourth-order valence-corrected chi connectivity index (χ4v) is 1.83. The Morgan fingerprint density at radius 3 is 2.53 bits per heavy atom. The second-order valence-electron chi connectivity index (χ2n) is 4.91. The van der Waals surface area contributed by atoms with E-state index in [1.807, 2.05) is 39.8 Å². The fourth-order valence-electron chi connectivity index (χ4n) is 1.65. The first-order chi connectivity index (χ1) is 8.95. The summed E-state index contributed by atoms with van der Waals surface area (Å²) in [4.78, 5) is 8.57. The predicted octanol–water partition coefficient (Wildman–Crippen LogP) is 4.66. The first-order valence-electron chi connectivity index (χ1n) is 6.25. The number of aryl methyl sites for hydroxylation is 2. The second-order valence-corrected chi connectivity index (χ2v) is 5.30. The van der Waals surface area contributed by atoms with Crippen LogP contribution in [0.15, 0.2) is 24.3 Å². The Kier molecular flexibility index (Phi) is 4.05. The standard InChI is InChI=1S/C15H17ClN2O/c1-9(2)15-17-13(16)8-14(18-15)19-12-7-10(3)5-6-11(12)4/h5-9H,1-4H3. The maximum atomic E-state index is 6.00. The van der Waals surface area contributed by atoms with E-state index in [4.69, 9.17) is 16.3 Å². The van der Waals surface area contributed by atoms with Gasteiger partial charge in [0.25, 0.3) is 0 Å². The Bertz CT molecular complexity index is 597. The predicted molar refractivity (Wildman–Crippen MR) is 77.1 cm³/mol. The van der Waals surface area contributed by atoms with E-state index in [2.05, 4.69) is 16.0 Å². The zero-order valence-corrected chi connectivity index (χ0v) is 12.3. The van der Waals surface area contributed by atoms with Crippen LogP contribution in [0.4, 0.5) is 0 Å². The molecule has 0 N–H and O–H groups in total. The smallest absolute Gasteiger partial charge is 0.224 e. The highest BCUT2D eigenvalue weighted by atomic mass is 35.5. The van der Waals surface area contributed by atoms with Gasteiger partial charge in [0.15, 0.2) is 0 Å². The van der Waals surface area contributed by atoms with E-state index < -0.39 is 0 Å². The fraction of sp³-hybridized carbons (Fsp3) is 0.333. The van der Waals surface area contributed by atoms with Gasteiger partial charge in [-0.15, -0.1) is 0 Å². The summed E-state index contributed by atoms with van der Waals surface area (Å²) in [6, 6.07) is 7.70. The van der Waals surface area contributed by atoms with Crippen molar-refractivity contribution in [1.29, 1.82) is 0 Å². The molecule has 2 aromatic rings. The van der Waals surface area contributed by atoms with Crippen molar-refractivity contribution in [3.8, 4) is 11.6 Å². The Hall–Kier alpha value is -1.61. The van der Waals surface area contributed by atoms with Gasteiger partial charge in [-0.3, -0.25) is 0 Å². The van der Waals surface area contributed by atoms with Crippen molar-refractivity contribution in [3.63, 3.8) is 0 Å². The van der Waals surface area contributed by atoms with E-state index in [0.29, 0.717) is 16.9 Å². The van der Waals surface area contributed by atoms with Gasteiger partial charge in [-0.25, -0.2) is 4.98 Å². The van der Waals surface area contributed by atoms with Crippen molar-refractivity contribution in [3.05, 3.63) is 46.4 Å². The molecule has 3 nitrogen and oxygen atoms in total. The average molecular weight is 277 g/mol. The number of hydrogen-bond acceptors (Lipinski definition) is 3. The molecule has 2 rings (SSSR count). The van der Waals surface area contributed by atoms with Crippen LogP contribution < -0.4 is 4.74 Å². The molecule has 0 bridgehead atoms. The minimum Gasteiger partial charge on any atom is -0.439 e. The van der Waals surface area contributed by atoms with Crippen LogP contribution in [0, 0.1) is 13.8 Å². The van der Waals surface area contributed by atoms with Crippen molar-refractivity contribution in [2.45, 2.75) is 33.6 Å². The molecule has 1 heterocycles. The Labute approximate surface area is 118 Å². The van der Waals surface area contributed by atoms with E-state index in [9.17, 15) is 0 Å². The number of rotatable bonds is 3. The van der Waals surface area contributed by atoms with E-state index in [-0.39, 0.29) is 5.92 Å². The number of nitrogens with zero attached hydrogens (tertiary/aromatic N) is 2. The minimum atomic E-state index is 0.208. The van der Waals surface area contributed by atoms with E-state index in [0.717, 1.165) is 16.9 Å². The summed E-state index contributed by atoms with van der Waals surface area (Å²) in [6.45, 7) is 8.07. The topological polar surface area (TPSA) is 35.0 Å². The molecule has 0 unspecified atom stereocenters. The van der Waals surface area contributed by atoms with E-state index >= 15 is 0 Å². The molecule has 100 valence electrons. The number of ether oxygens (including phenoxy) is 1. The number of halogens is 1. The van der Waals surface area contributed by atoms with Gasteiger partial charge in [-0.1, -0.05) is 37.6 Å². The minimum absolute atomic E-state index is 0.208. The van der Waals surface area contributed by atoms with Crippen LogP contribution in [-0.2, 0) is 0 Å². The summed E-state index contributed by atoms with van der Waals surface area (Å²) in [7, 11) is 0. The van der Waals surface area contributed by atoms with Gasteiger partial charge in [0, 0.05) is 12.0 Å². The Morgan fingerprint density at radius 1 is 1.11 bits per heavy atom. The number of aromatic nitrogens is 2. The maximum Gasteiger partial charge on any atom is 0.224 e. The zero-order chi connectivity index (χ0) is 14.0. The Balaban J connectivity index is 2.35. The first kappa shape index (κ1) is 13.8. The monoisotopic (exact) mass is 276 g/mol. The molecule has 0 radical (unpaired) electrons. The van der Waals surface area contributed by atoms with Crippen LogP contribution in [0.2, 0.25) is 5.15 Å². The van der Waals surface area contributed by atoms with Crippen molar-refractivity contribution in [2.24, 2.45) is 0 Å². The third kappa shape index (κ3) is 3.44. The molecule has 19 heavy (non-hydrogen) atoms. The lowest BCUT2D eigenvalue weighted by Crippen LogP contribution is -2.00. The van der Waals surface area contributed by atoms with Gasteiger partial charge >= 0.3 is 0 Å². The molecule has 0 atom stereocenters. The van der Waals surface area contributed by atoms with E-state index in [1.165, 1.54) is 0 Å². The molecule has 0 saturated heterocycles. The zero-order valence-electron chi connectivity index (χ0n) is 11.6.